The molecule has 0 aliphatic rings. The normalized spacial score (nSPS) is 10.9. The van der Waals surface area contributed by atoms with Crippen molar-refractivity contribution in [3.8, 4) is 6.07 Å². The van der Waals surface area contributed by atoms with Gasteiger partial charge in [0.2, 0.25) is 0 Å². The van der Waals surface area contributed by atoms with Gasteiger partial charge in [-0.1, -0.05) is 23.3 Å². The van der Waals surface area contributed by atoms with Crippen molar-refractivity contribution in [2.45, 2.75) is 20.4 Å². The standard InChI is InChI=1S/C22H18N4O/c1-13-3-5-19-15(7-13)9-17(11-23)21(25-19)24-12-18-10-16-8-14(2)4-6-20(16)26-22(18)27/h3-10H,12H2,1-2H3,(H,24,25)(H,26,27). The molecule has 0 amide bonds. The van der Waals surface area contributed by atoms with E-state index < -0.39 is 0 Å². The van der Waals surface area contributed by atoms with Crippen LogP contribution in [0.15, 0.2) is 53.3 Å². The molecule has 0 aliphatic carbocycles. The molecule has 132 valence electrons. The van der Waals surface area contributed by atoms with Crippen LogP contribution < -0.4 is 10.9 Å². The Bertz CT molecular complexity index is 1280. The Morgan fingerprint density at radius 2 is 1.78 bits per heavy atom. The summed E-state index contributed by atoms with van der Waals surface area (Å²) in [5.41, 5.74) is 4.78. The highest BCUT2D eigenvalue weighted by Gasteiger charge is 2.09. The molecule has 0 aliphatic heterocycles. The summed E-state index contributed by atoms with van der Waals surface area (Å²) < 4.78 is 0. The molecule has 4 rings (SSSR count). The molecule has 0 atom stereocenters. The highest BCUT2D eigenvalue weighted by Crippen LogP contribution is 2.22. The third kappa shape index (κ3) is 3.25. The molecule has 0 bridgehead atoms. The zero-order valence-electron chi connectivity index (χ0n) is 15.1. The largest absolute Gasteiger partial charge is 0.365 e. The first kappa shape index (κ1) is 16.8. The molecule has 5 nitrogen and oxygen atoms in total. The smallest absolute Gasteiger partial charge is 0.253 e. The lowest BCUT2D eigenvalue weighted by molar-refractivity contribution is 1.07. The van der Waals surface area contributed by atoms with Crippen molar-refractivity contribution < 1.29 is 0 Å². The molecule has 0 spiro atoms. The van der Waals surface area contributed by atoms with Gasteiger partial charge in [-0.2, -0.15) is 5.26 Å². The summed E-state index contributed by atoms with van der Waals surface area (Å²) in [4.78, 5) is 19.8. The fraction of sp³-hybridized carbons (Fsp3) is 0.136. The first-order chi connectivity index (χ1) is 13.0. The van der Waals surface area contributed by atoms with Crippen LogP contribution >= 0.6 is 0 Å². The van der Waals surface area contributed by atoms with Crippen LogP contribution in [0.1, 0.15) is 22.3 Å². The van der Waals surface area contributed by atoms with Gasteiger partial charge in [-0.25, -0.2) is 4.98 Å². The van der Waals surface area contributed by atoms with Crippen LogP contribution in [0.3, 0.4) is 0 Å². The van der Waals surface area contributed by atoms with E-state index in [1.807, 2.05) is 62.4 Å². The first-order valence-corrected chi connectivity index (χ1v) is 8.71. The maximum atomic E-state index is 12.4. The lowest BCUT2D eigenvalue weighted by atomic mass is 10.1. The molecule has 2 aromatic carbocycles. The summed E-state index contributed by atoms with van der Waals surface area (Å²) in [6, 6.07) is 17.7. The molecule has 0 unspecified atom stereocenters. The number of anilines is 1. The Labute approximate surface area is 156 Å². The van der Waals surface area contributed by atoms with Crippen molar-refractivity contribution in [2.24, 2.45) is 0 Å². The van der Waals surface area contributed by atoms with E-state index in [1.165, 1.54) is 0 Å². The fourth-order valence-electron chi connectivity index (χ4n) is 3.20. The Morgan fingerprint density at radius 1 is 1.04 bits per heavy atom. The number of nitrogens with one attached hydrogen (secondary N) is 2. The number of hydrogen-bond donors (Lipinski definition) is 2. The van der Waals surface area contributed by atoms with Crippen LogP contribution in [0.4, 0.5) is 5.82 Å². The minimum Gasteiger partial charge on any atom is -0.365 e. The van der Waals surface area contributed by atoms with Crippen LogP contribution in [0.5, 0.6) is 0 Å². The number of rotatable bonds is 3. The quantitative estimate of drug-likeness (QED) is 0.578. The Morgan fingerprint density at radius 3 is 2.56 bits per heavy atom. The predicted octanol–water partition coefficient (Wildman–Crippen LogP) is 4.18. The topological polar surface area (TPSA) is 81.6 Å². The minimum absolute atomic E-state index is 0.145. The third-order valence-electron chi connectivity index (χ3n) is 4.61. The second kappa shape index (κ2) is 6.58. The summed E-state index contributed by atoms with van der Waals surface area (Å²) in [6.07, 6.45) is 0. The van der Waals surface area contributed by atoms with Crippen LogP contribution in [0, 0.1) is 25.2 Å². The number of pyridine rings is 2. The van der Waals surface area contributed by atoms with Gasteiger partial charge in [0.15, 0.2) is 0 Å². The molecule has 0 radical (unpaired) electrons. The number of aromatic amines is 1. The molecule has 2 N–H and O–H groups in total. The van der Waals surface area contributed by atoms with Gasteiger partial charge in [-0.05, 0) is 55.6 Å². The van der Waals surface area contributed by atoms with Gasteiger partial charge in [-0.15, -0.1) is 0 Å². The van der Waals surface area contributed by atoms with E-state index >= 15 is 0 Å². The van der Waals surface area contributed by atoms with Crippen molar-refractivity contribution >= 4 is 27.6 Å². The van der Waals surface area contributed by atoms with E-state index in [9.17, 15) is 10.1 Å². The monoisotopic (exact) mass is 354 g/mol. The lowest BCUT2D eigenvalue weighted by Gasteiger charge is -2.10. The molecular weight excluding hydrogens is 336 g/mol. The van der Waals surface area contributed by atoms with E-state index in [1.54, 1.807) is 0 Å². The van der Waals surface area contributed by atoms with Gasteiger partial charge in [0, 0.05) is 23.0 Å². The highest BCUT2D eigenvalue weighted by atomic mass is 16.1. The second-order valence-corrected chi connectivity index (χ2v) is 6.76. The van der Waals surface area contributed by atoms with Gasteiger partial charge in [0.1, 0.15) is 11.9 Å². The SMILES string of the molecule is Cc1ccc2nc(NCc3cc4cc(C)ccc4[nH]c3=O)c(C#N)cc2c1. The van der Waals surface area contributed by atoms with Gasteiger partial charge < -0.3 is 10.3 Å². The molecular formula is C22H18N4O. The van der Waals surface area contributed by atoms with Crippen LogP contribution in [0.2, 0.25) is 0 Å². The summed E-state index contributed by atoms with van der Waals surface area (Å²) >= 11 is 0. The van der Waals surface area contributed by atoms with Crippen molar-refractivity contribution in [1.82, 2.24) is 9.97 Å². The van der Waals surface area contributed by atoms with E-state index in [4.69, 9.17) is 0 Å². The molecule has 5 heteroatoms. The number of benzene rings is 2. The number of nitriles is 1. The van der Waals surface area contributed by atoms with E-state index in [0.717, 1.165) is 32.9 Å². The predicted molar refractivity (Wildman–Crippen MR) is 108 cm³/mol. The molecule has 27 heavy (non-hydrogen) atoms. The molecule has 0 fully saturated rings. The van der Waals surface area contributed by atoms with E-state index in [-0.39, 0.29) is 12.1 Å². The summed E-state index contributed by atoms with van der Waals surface area (Å²) in [5, 5.41) is 14.5. The van der Waals surface area contributed by atoms with Crippen molar-refractivity contribution in [1.29, 1.82) is 5.26 Å². The second-order valence-electron chi connectivity index (χ2n) is 6.76. The molecule has 4 aromatic rings. The number of H-pyrrole nitrogens is 1. The summed E-state index contributed by atoms with van der Waals surface area (Å²) in [7, 11) is 0. The van der Waals surface area contributed by atoms with Gasteiger partial charge in [-0.3, -0.25) is 4.79 Å². The number of hydrogen-bond acceptors (Lipinski definition) is 4. The maximum Gasteiger partial charge on any atom is 0.253 e. The Hall–Kier alpha value is -3.65. The number of aryl methyl sites for hydroxylation is 2. The molecule has 2 heterocycles. The zero-order chi connectivity index (χ0) is 19.0. The van der Waals surface area contributed by atoms with Crippen molar-refractivity contribution in [3.05, 3.63) is 81.1 Å². The van der Waals surface area contributed by atoms with E-state index in [2.05, 4.69) is 21.4 Å². The Balaban J connectivity index is 1.70. The van der Waals surface area contributed by atoms with Crippen LogP contribution in [-0.2, 0) is 6.54 Å². The van der Waals surface area contributed by atoms with Gasteiger partial charge >= 0.3 is 0 Å². The third-order valence-corrected chi connectivity index (χ3v) is 4.61. The van der Waals surface area contributed by atoms with Gasteiger partial charge in [0.05, 0.1) is 11.1 Å². The summed E-state index contributed by atoms with van der Waals surface area (Å²) in [5.74, 6) is 0.484. The summed E-state index contributed by atoms with van der Waals surface area (Å²) in [6.45, 7) is 4.31. The van der Waals surface area contributed by atoms with Gasteiger partial charge in [0.25, 0.3) is 5.56 Å². The maximum absolute atomic E-state index is 12.4. The average Bonchev–Trinajstić information content (AvgIpc) is 2.66. The van der Waals surface area contributed by atoms with Crippen LogP contribution in [0.25, 0.3) is 21.8 Å². The number of nitrogens with zero attached hydrogens (tertiary/aromatic N) is 2. The average molecular weight is 354 g/mol. The first-order valence-electron chi connectivity index (χ1n) is 8.71. The molecule has 0 saturated carbocycles. The van der Waals surface area contributed by atoms with Crippen molar-refractivity contribution in [2.75, 3.05) is 5.32 Å². The Kier molecular flexibility index (Phi) is 4.09. The highest BCUT2D eigenvalue weighted by molar-refractivity contribution is 5.83. The minimum atomic E-state index is -0.145. The lowest BCUT2D eigenvalue weighted by Crippen LogP contribution is -2.16. The fourth-order valence-corrected chi connectivity index (χ4v) is 3.20. The number of aromatic nitrogens is 2. The zero-order valence-corrected chi connectivity index (χ0v) is 15.1. The van der Waals surface area contributed by atoms with Crippen molar-refractivity contribution in [3.63, 3.8) is 0 Å². The number of fused-ring (bicyclic) bond motifs is 2. The van der Waals surface area contributed by atoms with E-state index in [0.29, 0.717) is 16.9 Å². The molecule has 2 aromatic heterocycles. The van der Waals surface area contributed by atoms with Crippen LogP contribution in [-0.4, -0.2) is 9.97 Å². The molecule has 0 saturated heterocycles.